The quantitative estimate of drug-likeness (QED) is 0.701. The van der Waals surface area contributed by atoms with Crippen LogP contribution in [0.1, 0.15) is 37.7 Å². The summed E-state index contributed by atoms with van der Waals surface area (Å²) in [5, 5.41) is 4.93. The fourth-order valence-corrected chi connectivity index (χ4v) is 4.10. The van der Waals surface area contributed by atoms with Crippen LogP contribution < -0.4 is 20.4 Å². The van der Waals surface area contributed by atoms with Gasteiger partial charge in [0.2, 0.25) is 11.8 Å². The van der Waals surface area contributed by atoms with E-state index in [9.17, 15) is 27.6 Å². The molecule has 1 aromatic heterocycles. The maximum atomic E-state index is 13.0. The van der Waals surface area contributed by atoms with Crippen LogP contribution in [0.15, 0.2) is 42.6 Å². The van der Waals surface area contributed by atoms with Crippen molar-refractivity contribution in [2.24, 2.45) is 0 Å². The Hall–Kier alpha value is -3.63. The third kappa shape index (κ3) is 5.29. The Balaban J connectivity index is 1.37. The van der Waals surface area contributed by atoms with Gasteiger partial charge >= 0.3 is 12.2 Å². The number of nitrogens with zero attached hydrogens (tertiary/aromatic N) is 3. The fraction of sp³-hybridized carbons (Fsp3) is 0.391. The Bertz CT molecular complexity index is 1060. The molecule has 2 aromatic rings. The van der Waals surface area contributed by atoms with Crippen LogP contribution in [0.3, 0.4) is 0 Å². The molecule has 11 heteroatoms. The first-order valence-electron chi connectivity index (χ1n) is 11.0. The number of halogens is 3. The zero-order chi connectivity index (χ0) is 24.3. The molecular formula is C23H24F3N5O3. The van der Waals surface area contributed by atoms with Gasteiger partial charge in [-0.2, -0.15) is 13.2 Å². The van der Waals surface area contributed by atoms with Crippen molar-refractivity contribution >= 4 is 35.0 Å². The Kier molecular flexibility index (Phi) is 6.71. The predicted molar refractivity (Wildman–Crippen MR) is 119 cm³/mol. The van der Waals surface area contributed by atoms with Crippen LogP contribution in [-0.2, 0) is 15.8 Å². The largest absolute Gasteiger partial charge is 0.417 e. The summed E-state index contributed by atoms with van der Waals surface area (Å²) in [5.74, 6) is -0.261. The number of piperidine rings is 2. The highest BCUT2D eigenvalue weighted by molar-refractivity contribution is 6.01. The molecule has 1 atom stereocenters. The van der Waals surface area contributed by atoms with Crippen molar-refractivity contribution in [3.05, 3.63) is 48.2 Å². The van der Waals surface area contributed by atoms with E-state index in [-0.39, 0.29) is 17.6 Å². The summed E-state index contributed by atoms with van der Waals surface area (Å²) in [7, 11) is 0. The van der Waals surface area contributed by atoms with Crippen molar-refractivity contribution in [2.75, 3.05) is 28.2 Å². The lowest BCUT2D eigenvalue weighted by molar-refractivity contribution is -0.137. The van der Waals surface area contributed by atoms with Gasteiger partial charge in [-0.25, -0.2) is 9.78 Å². The zero-order valence-corrected chi connectivity index (χ0v) is 18.3. The van der Waals surface area contributed by atoms with Crippen molar-refractivity contribution in [2.45, 2.75) is 44.3 Å². The summed E-state index contributed by atoms with van der Waals surface area (Å²) >= 11 is 0. The maximum Gasteiger partial charge on any atom is 0.417 e. The molecule has 8 nitrogen and oxygen atoms in total. The third-order valence-electron chi connectivity index (χ3n) is 5.87. The summed E-state index contributed by atoms with van der Waals surface area (Å²) in [5.41, 5.74) is 0.526. The zero-order valence-electron chi connectivity index (χ0n) is 18.3. The molecule has 2 fully saturated rings. The van der Waals surface area contributed by atoms with E-state index in [4.69, 9.17) is 0 Å². The Labute approximate surface area is 194 Å². The highest BCUT2D eigenvalue weighted by Gasteiger charge is 2.32. The number of urea groups is 1. The number of aromatic nitrogens is 1. The van der Waals surface area contributed by atoms with Gasteiger partial charge in [-0.1, -0.05) is 0 Å². The summed E-state index contributed by atoms with van der Waals surface area (Å²) in [6.07, 6.45) is -0.422. The van der Waals surface area contributed by atoms with E-state index in [0.717, 1.165) is 30.7 Å². The topological polar surface area (TPSA) is 94.6 Å². The Morgan fingerprint density at radius 1 is 0.941 bits per heavy atom. The Morgan fingerprint density at radius 2 is 1.62 bits per heavy atom. The van der Waals surface area contributed by atoms with Crippen LogP contribution in [0.25, 0.3) is 0 Å². The number of anilines is 3. The van der Waals surface area contributed by atoms with Gasteiger partial charge in [-0.3, -0.25) is 14.9 Å². The molecule has 1 aromatic carbocycles. The van der Waals surface area contributed by atoms with Crippen LogP contribution in [-0.4, -0.2) is 42.0 Å². The highest BCUT2D eigenvalue weighted by Crippen LogP contribution is 2.29. The number of pyridine rings is 1. The number of amides is 4. The van der Waals surface area contributed by atoms with Gasteiger partial charge in [0.25, 0.3) is 0 Å². The van der Waals surface area contributed by atoms with Crippen LogP contribution in [0.2, 0.25) is 0 Å². The standard InChI is InChI=1S/C23H24F3N5O3/c24-23(25,26)15-6-11-19(27-14-15)29-22(34)28-18-4-3-13-31(21(18)33)17-9-7-16(8-10-17)30-12-2-1-5-20(30)32/h6-11,14,18H,1-5,12-13H2,(H2,27,28,29,34). The van der Waals surface area contributed by atoms with Gasteiger partial charge in [0.1, 0.15) is 11.9 Å². The lowest BCUT2D eigenvalue weighted by Crippen LogP contribution is -2.53. The molecule has 2 saturated heterocycles. The third-order valence-corrected chi connectivity index (χ3v) is 5.87. The molecule has 0 spiro atoms. The van der Waals surface area contributed by atoms with E-state index in [1.54, 1.807) is 21.9 Å². The molecule has 0 radical (unpaired) electrons. The van der Waals surface area contributed by atoms with Crippen molar-refractivity contribution < 1.29 is 27.6 Å². The molecule has 1 unspecified atom stereocenters. The minimum atomic E-state index is -4.52. The molecule has 2 aliphatic rings. The van der Waals surface area contributed by atoms with Crippen LogP contribution >= 0.6 is 0 Å². The average molecular weight is 475 g/mol. The minimum absolute atomic E-state index is 0.0616. The summed E-state index contributed by atoms with van der Waals surface area (Å²) in [4.78, 5) is 44.3. The van der Waals surface area contributed by atoms with E-state index < -0.39 is 23.8 Å². The van der Waals surface area contributed by atoms with E-state index in [1.165, 1.54) is 0 Å². The predicted octanol–water partition coefficient (Wildman–Crippen LogP) is 3.93. The molecule has 2 aliphatic heterocycles. The number of hydrogen-bond acceptors (Lipinski definition) is 4. The number of carbonyl (C=O) groups is 3. The van der Waals surface area contributed by atoms with E-state index in [1.807, 2.05) is 12.1 Å². The van der Waals surface area contributed by atoms with E-state index in [2.05, 4.69) is 15.6 Å². The first-order valence-corrected chi connectivity index (χ1v) is 11.0. The van der Waals surface area contributed by atoms with Crippen molar-refractivity contribution in [1.29, 1.82) is 0 Å². The van der Waals surface area contributed by atoms with Gasteiger partial charge in [-0.05, 0) is 62.1 Å². The highest BCUT2D eigenvalue weighted by atomic mass is 19.4. The molecule has 34 heavy (non-hydrogen) atoms. The number of rotatable bonds is 4. The van der Waals surface area contributed by atoms with E-state index in [0.29, 0.717) is 44.2 Å². The monoisotopic (exact) mass is 475 g/mol. The smallest absolute Gasteiger partial charge is 0.326 e. The molecule has 0 saturated carbocycles. The van der Waals surface area contributed by atoms with Gasteiger partial charge in [0.05, 0.1) is 5.56 Å². The Morgan fingerprint density at radius 3 is 2.24 bits per heavy atom. The van der Waals surface area contributed by atoms with Crippen LogP contribution in [0, 0.1) is 0 Å². The first-order chi connectivity index (χ1) is 16.2. The van der Waals surface area contributed by atoms with Crippen molar-refractivity contribution in [1.82, 2.24) is 10.3 Å². The minimum Gasteiger partial charge on any atom is -0.326 e. The lowest BCUT2D eigenvalue weighted by atomic mass is 10.0. The number of carbonyl (C=O) groups excluding carboxylic acids is 3. The summed E-state index contributed by atoms with van der Waals surface area (Å²) in [6, 6.07) is 7.53. The molecular weight excluding hydrogens is 451 g/mol. The van der Waals surface area contributed by atoms with Gasteiger partial charge in [0, 0.05) is 37.1 Å². The maximum absolute atomic E-state index is 13.0. The molecule has 0 aliphatic carbocycles. The number of hydrogen-bond donors (Lipinski definition) is 2. The molecule has 2 N–H and O–H groups in total. The summed E-state index contributed by atoms with van der Waals surface area (Å²) < 4.78 is 37.9. The van der Waals surface area contributed by atoms with Crippen molar-refractivity contribution in [3.8, 4) is 0 Å². The normalized spacial score (nSPS) is 19.2. The molecule has 4 rings (SSSR count). The summed E-state index contributed by atoms with van der Waals surface area (Å²) in [6.45, 7) is 1.16. The molecule has 0 bridgehead atoms. The molecule has 3 heterocycles. The number of nitrogens with one attached hydrogen (secondary N) is 2. The van der Waals surface area contributed by atoms with Gasteiger partial charge in [-0.15, -0.1) is 0 Å². The number of alkyl halides is 3. The fourth-order valence-electron chi connectivity index (χ4n) is 4.10. The van der Waals surface area contributed by atoms with Gasteiger partial charge < -0.3 is 15.1 Å². The van der Waals surface area contributed by atoms with Gasteiger partial charge in [0.15, 0.2) is 0 Å². The lowest BCUT2D eigenvalue weighted by Gasteiger charge is -2.33. The van der Waals surface area contributed by atoms with Crippen molar-refractivity contribution in [3.63, 3.8) is 0 Å². The molecule has 4 amide bonds. The SMILES string of the molecule is O=C(Nc1ccc(C(F)(F)F)cn1)NC1CCCN(c2ccc(N3CCCCC3=O)cc2)C1=O. The first kappa shape index (κ1) is 23.5. The second-order valence-electron chi connectivity index (χ2n) is 8.23. The number of benzene rings is 1. The second-order valence-corrected chi connectivity index (χ2v) is 8.23. The van der Waals surface area contributed by atoms with Crippen LogP contribution in [0.4, 0.5) is 35.2 Å². The molecule has 180 valence electrons. The van der Waals surface area contributed by atoms with Crippen LogP contribution in [0.5, 0.6) is 0 Å². The van der Waals surface area contributed by atoms with E-state index >= 15 is 0 Å². The average Bonchev–Trinajstić information content (AvgIpc) is 2.81. The second kappa shape index (κ2) is 9.70.